The first-order chi connectivity index (χ1) is 7.79. The van der Waals surface area contributed by atoms with Crippen LogP contribution >= 0.6 is 0 Å². The first-order valence-corrected chi connectivity index (χ1v) is 5.31. The van der Waals surface area contributed by atoms with E-state index in [1.807, 2.05) is 37.2 Å². The van der Waals surface area contributed by atoms with Gasteiger partial charge < -0.3 is 9.88 Å². The lowest BCUT2D eigenvalue weighted by atomic mass is 10.5. The molecule has 2 heterocycles. The van der Waals surface area contributed by atoms with Crippen molar-refractivity contribution in [2.24, 2.45) is 0 Å². The second-order valence-corrected chi connectivity index (χ2v) is 3.67. The molecule has 0 aliphatic rings. The Morgan fingerprint density at radius 2 is 2.25 bits per heavy atom. The fourth-order valence-electron chi connectivity index (χ4n) is 1.56. The van der Waals surface area contributed by atoms with E-state index in [0.717, 1.165) is 31.2 Å². The van der Waals surface area contributed by atoms with Gasteiger partial charge in [-0.1, -0.05) is 5.21 Å². The molecule has 0 saturated heterocycles. The zero-order valence-electron chi connectivity index (χ0n) is 9.59. The smallest absolute Gasteiger partial charge is 0.105 e. The van der Waals surface area contributed by atoms with Crippen molar-refractivity contribution in [1.29, 1.82) is 0 Å². The van der Waals surface area contributed by atoms with Crippen LogP contribution in [0.3, 0.4) is 0 Å². The Kier molecular flexibility index (Phi) is 3.31. The SMILES string of the molecule is CNCc1cn(CCn2ccnc2C)nn1. The van der Waals surface area contributed by atoms with Crippen molar-refractivity contribution < 1.29 is 0 Å². The first-order valence-electron chi connectivity index (χ1n) is 5.31. The van der Waals surface area contributed by atoms with E-state index in [4.69, 9.17) is 0 Å². The molecular formula is C10H16N6. The third kappa shape index (κ3) is 2.46. The largest absolute Gasteiger partial charge is 0.333 e. The van der Waals surface area contributed by atoms with E-state index in [9.17, 15) is 0 Å². The molecule has 0 spiro atoms. The monoisotopic (exact) mass is 220 g/mol. The molecular weight excluding hydrogens is 204 g/mol. The fraction of sp³-hybridized carbons (Fsp3) is 0.500. The highest BCUT2D eigenvalue weighted by atomic mass is 15.4. The van der Waals surface area contributed by atoms with Gasteiger partial charge in [0.2, 0.25) is 0 Å². The lowest BCUT2D eigenvalue weighted by molar-refractivity contribution is 0.513. The topological polar surface area (TPSA) is 60.6 Å². The summed E-state index contributed by atoms with van der Waals surface area (Å²) in [4.78, 5) is 4.17. The molecule has 0 aliphatic heterocycles. The summed E-state index contributed by atoms with van der Waals surface area (Å²) >= 11 is 0. The van der Waals surface area contributed by atoms with Gasteiger partial charge in [0.15, 0.2) is 0 Å². The van der Waals surface area contributed by atoms with Crippen LogP contribution in [0.5, 0.6) is 0 Å². The zero-order valence-corrected chi connectivity index (χ0v) is 9.59. The third-order valence-electron chi connectivity index (χ3n) is 2.44. The van der Waals surface area contributed by atoms with E-state index in [1.165, 1.54) is 0 Å². The Balaban J connectivity index is 1.92. The molecule has 0 amide bonds. The summed E-state index contributed by atoms with van der Waals surface area (Å²) in [6, 6.07) is 0. The van der Waals surface area contributed by atoms with Crippen molar-refractivity contribution in [3.05, 3.63) is 30.1 Å². The number of nitrogens with zero attached hydrogens (tertiary/aromatic N) is 5. The molecule has 2 aromatic heterocycles. The van der Waals surface area contributed by atoms with Gasteiger partial charge in [-0.15, -0.1) is 5.10 Å². The maximum Gasteiger partial charge on any atom is 0.105 e. The van der Waals surface area contributed by atoms with E-state index in [-0.39, 0.29) is 0 Å². The van der Waals surface area contributed by atoms with Crippen molar-refractivity contribution in [2.45, 2.75) is 26.6 Å². The van der Waals surface area contributed by atoms with Gasteiger partial charge in [-0.05, 0) is 14.0 Å². The van der Waals surface area contributed by atoms with Gasteiger partial charge in [-0.25, -0.2) is 4.98 Å². The van der Waals surface area contributed by atoms with Gasteiger partial charge in [0.25, 0.3) is 0 Å². The average Bonchev–Trinajstić information content (AvgIpc) is 2.86. The summed E-state index contributed by atoms with van der Waals surface area (Å²) in [6.07, 6.45) is 5.74. The van der Waals surface area contributed by atoms with E-state index in [1.54, 1.807) is 0 Å². The van der Waals surface area contributed by atoms with Gasteiger partial charge in [0.1, 0.15) is 5.82 Å². The van der Waals surface area contributed by atoms with Crippen LogP contribution in [0, 0.1) is 6.92 Å². The minimum atomic E-state index is 0.754. The number of nitrogens with one attached hydrogen (secondary N) is 1. The summed E-state index contributed by atoms with van der Waals surface area (Å²) in [5, 5.41) is 11.2. The Morgan fingerprint density at radius 3 is 2.94 bits per heavy atom. The van der Waals surface area contributed by atoms with E-state index in [0.29, 0.717) is 0 Å². The van der Waals surface area contributed by atoms with Crippen LogP contribution in [0.1, 0.15) is 11.5 Å². The molecule has 0 atom stereocenters. The molecule has 6 nitrogen and oxygen atoms in total. The Hall–Kier alpha value is -1.69. The number of hydrogen-bond acceptors (Lipinski definition) is 4. The van der Waals surface area contributed by atoms with Crippen LogP contribution in [0.4, 0.5) is 0 Å². The third-order valence-corrected chi connectivity index (χ3v) is 2.44. The molecule has 2 rings (SSSR count). The Bertz CT molecular complexity index is 444. The first kappa shape index (κ1) is 10.8. The van der Waals surface area contributed by atoms with E-state index >= 15 is 0 Å². The van der Waals surface area contributed by atoms with Gasteiger partial charge in [0.05, 0.1) is 12.2 Å². The summed E-state index contributed by atoms with van der Waals surface area (Å²) in [5.41, 5.74) is 0.963. The molecule has 0 fully saturated rings. The quantitative estimate of drug-likeness (QED) is 0.782. The van der Waals surface area contributed by atoms with Crippen LogP contribution < -0.4 is 5.32 Å². The van der Waals surface area contributed by atoms with Crippen molar-refractivity contribution >= 4 is 0 Å². The lowest BCUT2D eigenvalue weighted by Crippen LogP contribution is -2.08. The summed E-state index contributed by atoms with van der Waals surface area (Å²) < 4.78 is 3.95. The van der Waals surface area contributed by atoms with Gasteiger partial charge in [0, 0.05) is 31.7 Å². The molecule has 1 N–H and O–H groups in total. The number of aromatic nitrogens is 5. The number of rotatable bonds is 5. The number of imidazole rings is 1. The Labute approximate surface area is 94.3 Å². The fourth-order valence-corrected chi connectivity index (χ4v) is 1.56. The molecule has 0 unspecified atom stereocenters. The molecule has 0 bridgehead atoms. The van der Waals surface area contributed by atoms with Crippen LogP contribution in [0.25, 0.3) is 0 Å². The van der Waals surface area contributed by atoms with Crippen molar-refractivity contribution in [3.8, 4) is 0 Å². The van der Waals surface area contributed by atoms with Crippen molar-refractivity contribution in [2.75, 3.05) is 7.05 Å². The highest BCUT2D eigenvalue weighted by molar-refractivity contribution is 4.92. The number of aryl methyl sites for hydroxylation is 3. The maximum absolute atomic E-state index is 4.17. The molecule has 0 aromatic carbocycles. The predicted octanol–water partition coefficient (Wildman–Crippen LogP) is 0.203. The molecule has 86 valence electrons. The highest BCUT2D eigenvalue weighted by Crippen LogP contribution is 1.97. The summed E-state index contributed by atoms with van der Waals surface area (Å²) in [6.45, 7) is 4.43. The second kappa shape index (κ2) is 4.89. The zero-order chi connectivity index (χ0) is 11.4. The Morgan fingerprint density at radius 1 is 1.38 bits per heavy atom. The molecule has 6 heteroatoms. The summed E-state index contributed by atoms with van der Waals surface area (Å²) in [5.74, 6) is 1.02. The van der Waals surface area contributed by atoms with Crippen molar-refractivity contribution in [3.63, 3.8) is 0 Å². The maximum atomic E-state index is 4.17. The molecule has 0 radical (unpaired) electrons. The van der Waals surface area contributed by atoms with Crippen molar-refractivity contribution in [1.82, 2.24) is 29.9 Å². The van der Waals surface area contributed by atoms with E-state index in [2.05, 4.69) is 25.2 Å². The van der Waals surface area contributed by atoms with Crippen LogP contribution in [-0.2, 0) is 19.6 Å². The minimum absolute atomic E-state index is 0.754. The average molecular weight is 220 g/mol. The van der Waals surface area contributed by atoms with Gasteiger partial charge in [-0.3, -0.25) is 4.68 Å². The van der Waals surface area contributed by atoms with Crippen LogP contribution in [0.2, 0.25) is 0 Å². The minimum Gasteiger partial charge on any atom is -0.333 e. The number of hydrogen-bond donors (Lipinski definition) is 1. The normalized spacial score (nSPS) is 10.9. The summed E-state index contributed by atoms with van der Waals surface area (Å²) in [7, 11) is 1.90. The highest BCUT2D eigenvalue weighted by Gasteiger charge is 2.00. The molecule has 16 heavy (non-hydrogen) atoms. The molecule has 0 saturated carbocycles. The lowest BCUT2D eigenvalue weighted by Gasteiger charge is -2.03. The predicted molar refractivity (Wildman–Crippen MR) is 59.7 cm³/mol. The van der Waals surface area contributed by atoms with E-state index < -0.39 is 0 Å². The molecule has 2 aromatic rings. The standard InChI is InChI=1S/C10H16N6/c1-9-12-3-4-15(9)5-6-16-8-10(7-11-2)13-14-16/h3-4,8,11H,5-7H2,1-2H3. The molecule has 0 aliphatic carbocycles. The van der Waals surface area contributed by atoms with Gasteiger partial charge in [-0.2, -0.15) is 0 Å². The van der Waals surface area contributed by atoms with Crippen LogP contribution in [-0.4, -0.2) is 31.6 Å². The van der Waals surface area contributed by atoms with Gasteiger partial charge >= 0.3 is 0 Å². The van der Waals surface area contributed by atoms with Crippen LogP contribution in [0.15, 0.2) is 18.6 Å². The second-order valence-electron chi connectivity index (χ2n) is 3.67.